The van der Waals surface area contributed by atoms with Gasteiger partial charge >= 0.3 is 0 Å². The number of ketones is 1. The Morgan fingerprint density at radius 1 is 1.16 bits per heavy atom. The minimum Gasteiger partial charge on any atom is -0.308 e. The van der Waals surface area contributed by atoms with Crippen LogP contribution < -0.4 is 5.32 Å². The van der Waals surface area contributed by atoms with Crippen molar-refractivity contribution in [2.75, 3.05) is 7.05 Å². The van der Waals surface area contributed by atoms with Crippen molar-refractivity contribution in [1.29, 1.82) is 0 Å². The summed E-state index contributed by atoms with van der Waals surface area (Å²) < 4.78 is 0. The SMILES string of the molecule is CN[C@@](C)(CCCCCCCC[C@@H](C)C=O)C(C)=O. The van der Waals surface area contributed by atoms with Gasteiger partial charge in [-0.1, -0.05) is 45.4 Å². The van der Waals surface area contributed by atoms with Crippen molar-refractivity contribution in [3.05, 3.63) is 0 Å². The molecule has 19 heavy (non-hydrogen) atoms. The van der Waals surface area contributed by atoms with Crippen LogP contribution in [0, 0.1) is 5.92 Å². The Morgan fingerprint density at radius 3 is 2.16 bits per heavy atom. The quantitative estimate of drug-likeness (QED) is 0.435. The Hall–Kier alpha value is -0.700. The van der Waals surface area contributed by atoms with Crippen molar-refractivity contribution in [2.45, 2.75) is 77.7 Å². The first-order valence-electron chi connectivity index (χ1n) is 7.61. The van der Waals surface area contributed by atoms with E-state index in [2.05, 4.69) is 5.32 Å². The number of aldehydes is 1. The van der Waals surface area contributed by atoms with Gasteiger partial charge in [0.05, 0.1) is 5.54 Å². The first kappa shape index (κ1) is 18.3. The maximum atomic E-state index is 11.5. The average molecular weight is 269 g/mol. The first-order valence-corrected chi connectivity index (χ1v) is 7.61. The van der Waals surface area contributed by atoms with Crippen LogP contribution in [0.1, 0.15) is 72.1 Å². The molecule has 0 saturated heterocycles. The Balaban J connectivity index is 3.50. The van der Waals surface area contributed by atoms with Gasteiger partial charge in [0.1, 0.15) is 12.1 Å². The van der Waals surface area contributed by atoms with Crippen LogP contribution in [0.5, 0.6) is 0 Å². The van der Waals surface area contributed by atoms with Gasteiger partial charge in [-0.05, 0) is 33.7 Å². The molecule has 0 aliphatic carbocycles. The van der Waals surface area contributed by atoms with Gasteiger partial charge in [0.25, 0.3) is 0 Å². The lowest BCUT2D eigenvalue weighted by atomic mass is 9.90. The lowest BCUT2D eigenvalue weighted by Crippen LogP contribution is -2.46. The molecule has 0 spiro atoms. The van der Waals surface area contributed by atoms with Crippen molar-refractivity contribution in [1.82, 2.24) is 5.32 Å². The molecule has 0 radical (unpaired) electrons. The number of carbonyl (C=O) groups excluding carboxylic acids is 2. The van der Waals surface area contributed by atoms with Crippen molar-refractivity contribution < 1.29 is 9.59 Å². The van der Waals surface area contributed by atoms with Crippen LogP contribution >= 0.6 is 0 Å². The average Bonchev–Trinajstić information content (AvgIpc) is 2.40. The summed E-state index contributed by atoms with van der Waals surface area (Å²) in [6.45, 7) is 5.62. The number of hydrogen-bond donors (Lipinski definition) is 1. The minimum absolute atomic E-state index is 0.215. The Labute approximate surface area is 118 Å². The van der Waals surface area contributed by atoms with Crippen molar-refractivity contribution >= 4 is 12.1 Å². The van der Waals surface area contributed by atoms with E-state index in [1.165, 1.54) is 25.7 Å². The van der Waals surface area contributed by atoms with Gasteiger partial charge < -0.3 is 10.1 Å². The minimum atomic E-state index is -0.348. The molecule has 0 aromatic rings. The van der Waals surface area contributed by atoms with E-state index in [-0.39, 0.29) is 17.2 Å². The lowest BCUT2D eigenvalue weighted by molar-refractivity contribution is -0.122. The summed E-state index contributed by atoms with van der Waals surface area (Å²) in [5, 5.41) is 3.13. The van der Waals surface area contributed by atoms with Crippen molar-refractivity contribution in [3.63, 3.8) is 0 Å². The summed E-state index contributed by atoms with van der Waals surface area (Å²) in [6.07, 6.45) is 10.1. The van der Waals surface area contributed by atoms with Crippen LogP contribution in [0.15, 0.2) is 0 Å². The number of hydrogen-bond acceptors (Lipinski definition) is 3. The van der Waals surface area contributed by atoms with Crippen LogP contribution in [-0.4, -0.2) is 24.7 Å². The molecule has 0 aliphatic rings. The zero-order valence-corrected chi connectivity index (χ0v) is 13.1. The number of likely N-dealkylation sites (N-methyl/N-ethyl adjacent to an activating group) is 1. The first-order chi connectivity index (χ1) is 8.96. The zero-order chi connectivity index (χ0) is 14.7. The largest absolute Gasteiger partial charge is 0.308 e. The molecule has 112 valence electrons. The standard InChI is InChI=1S/C16H31NO2/c1-14(13-18)11-9-7-5-6-8-10-12-16(3,17-4)15(2)19/h13-14,17H,5-12H2,1-4H3/t14-,16+/m1/s1. The van der Waals surface area contributed by atoms with Crippen molar-refractivity contribution in [3.8, 4) is 0 Å². The molecule has 0 bridgehead atoms. The van der Waals surface area contributed by atoms with E-state index in [4.69, 9.17) is 0 Å². The summed E-state index contributed by atoms with van der Waals surface area (Å²) in [7, 11) is 1.86. The van der Waals surface area contributed by atoms with E-state index >= 15 is 0 Å². The summed E-state index contributed by atoms with van der Waals surface area (Å²) in [4.78, 5) is 22.0. The Bertz CT molecular complexity index is 265. The molecule has 0 amide bonds. The molecular weight excluding hydrogens is 238 g/mol. The van der Waals surface area contributed by atoms with Crippen molar-refractivity contribution in [2.24, 2.45) is 5.92 Å². The van der Waals surface area contributed by atoms with Crippen LogP contribution in [-0.2, 0) is 9.59 Å². The number of nitrogens with one attached hydrogen (secondary N) is 1. The monoisotopic (exact) mass is 269 g/mol. The molecule has 0 fully saturated rings. The highest BCUT2D eigenvalue weighted by Gasteiger charge is 2.26. The fourth-order valence-electron chi connectivity index (χ4n) is 2.20. The van der Waals surface area contributed by atoms with E-state index < -0.39 is 0 Å². The third kappa shape index (κ3) is 8.14. The van der Waals surface area contributed by atoms with Gasteiger partial charge in [-0.25, -0.2) is 0 Å². The topological polar surface area (TPSA) is 46.2 Å². The third-order valence-electron chi connectivity index (χ3n) is 4.15. The lowest BCUT2D eigenvalue weighted by Gasteiger charge is -2.26. The summed E-state index contributed by atoms with van der Waals surface area (Å²) in [5.74, 6) is 0.435. The molecule has 2 atom stereocenters. The number of unbranched alkanes of at least 4 members (excludes halogenated alkanes) is 5. The Kier molecular flexibility index (Phi) is 9.76. The number of carbonyl (C=O) groups is 2. The molecule has 0 unspecified atom stereocenters. The zero-order valence-electron chi connectivity index (χ0n) is 13.1. The van der Waals surface area contributed by atoms with Gasteiger partial charge in [0, 0.05) is 5.92 Å². The highest BCUT2D eigenvalue weighted by molar-refractivity contribution is 5.85. The highest BCUT2D eigenvalue weighted by atomic mass is 16.1. The fraction of sp³-hybridized carbons (Fsp3) is 0.875. The predicted molar refractivity (Wildman–Crippen MR) is 80.3 cm³/mol. The highest BCUT2D eigenvalue weighted by Crippen LogP contribution is 2.17. The van der Waals surface area contributed by atoms with Crippen LogP contribution in [0.2, 0.25) is 0 Å². The molecule has 0 aromatic heterocycles. The second-order valence-electron chi connectivity index (χ2n) is 5.91. The smallest absolute Gasteiger partial charge is 0.149 e. The van der Waals surface area contributed by atoms with Crippen LogP contribution in [0.25, 0.3) is 0 Å². The van der Waals surface area contributed by atoms with Gasteiger partial charge in [-0.2, -0.15) is 0 Å². The normalized spacial score (nSPS) is 15.8. The van der Waals surface area contributed by atoms with Gasteiger partial charge in [-0.15, -0.1) is 0 Å². The number of rotatable bonds is 12. The molecule has 0 aliphatic heterocycles. The molecule has 1 N–H and O–H groups in total. The van der Waals surface area contributed by atoms with E-state index in [9.17, 15) is 9.59 Å². The summed E-state index contributed by atoms with van der Waals surface area (Å²) in [5.41, 5.74) is -0.348. The van der Waals surface area contributed by atoms with E-state index in [1.54, 1.807) is 6.92 Å². The van der Waals surface area contributed by atoms with E-state index in [0.29, 0.717) is 0 Å². The second kappa shape index (κ2) is 10.1. The molecule has 0 aromatic carbocycles. The van der Waals surface area contributed by atoms with Gasteiger partial charge in [-0.3, -0.25) is 4.79 Å². The second-order valence-corrected chi connectivity index (χ2v) is 5.91. The maximum absolute atomic E-state index is 11.5. The Morgan fingerprint density at radius 2 is 1.68 bits per heavy atom. The van der Waals surface area contributed by atoms with Gasteiger partial charge in [0.15, 0.2) is 0 Å². The van der Waals surface area contributed by atoms with Crippen LogP contribution in [0.4, 0.5) is 0 Å². The third-order valence-corrected chi connectivity index (χ3v) is 4.15. The molecular formula is C16H31NO2. The number of Topliss-reactive ketones (excluding diaryl/α,β-unsaturated/α-hetero) is 1. The molecule has 0 heterocycles. The summed E-state index contributed by atoms with van der Waals surface area (Å²) in [6, 6.07) is 0. The maximum Gasteiger partial charge on any atom is 0.149 e. The fourth-order valence-corrected chi connectivity index (χ4v) is 2.20. The predicted octanol–water partition coefficient (Wildman–Crippen LogP) is 3.51. The van der Waals surface area contributed by atoms with E-state index in [0.717, 1.165) is 32.0 Å². The molecule has 0 saturated carbocycles. The van der Waals surface area contributed by atoms with Gasteiger partial charge in [0.2, 0.25) is 0 Å². The molecule has 3 nitrogen and oxygen atoms in total. The van der Waals surface area contributed by atoms with Crippen LogP contribution in [0.3, 0.4) is 0 Å². The summed E-state index contributed by atoms with van der Waals surface area (Å²) >= 11 is 0. The molecule has 0 rings (SSSR count). The van der Waals surface area contributed by atoms with E-state index in [1.807, 2.05) is 20.9 Å². The molecule has 3 heteroatoms.